The minimum atomic E-state index is -0.454. The van der Waals surface area contributed by atoms with Crippen LogP contribution in [-0.4, -0.2) is 54.4 Å². The zero-order chi connectivity index (χ0) is 13.8. The molecule has 1 aliphatic carbocycles. The molecule has 110 valence electrons. The molecule has 2 fully saturated rings. The Kier molecular flexibility index (Phi) is 4.55. The first-order chi connectivity index (χ1) is 9.81. The van der Waals surface area contributed by atoms with E-state index >= 15 is 0 Å². The summed E-state index contributed by atoms with van der Waals surface area (Å²) in [4.78, 5) is 2.57. The smallest absolute Gasteiger partial charge is 0.119 e. The maximum atomic E-state index is 9.96. The van der Waals surface area contributed by atoms with Gasteiger partial charge in [0.2, 0.25) is 0 Å². The molecule has 3 rings (SSSR count). The Morgan fingerprint density at radius 2 is 2.05 bits per heavy atom. The summed E-state index contributed by atoms with van der Waals surface area (Å²) in [6.07, 6.45) is 3.49. The molecular formula is C16H24N2O2. The van der Waals surface area contributed by atoms with Crippen LogP contribution in [-0.2, 0) is 0 Å². The molecule has 4 nitrogen and oxygen atoms in total. The Morgan fingerprint density at radius 1 is 1.25 bits per heavy atom. The van der Waals surface area contributed by atoms with Crippen LogP contribution < -0.4 is 10.1 Å². The van der Waals surface area contributed by atoms with E-state index in [-0.39, 0.29) is 0 Å². The number of aliphatic hydroxyl groups excluding tert-OH is 1. The van der Waals surface area contributed by atoms with Crippen LogP contribution in [0.1, 0.15) is 19.3 Å². The molecule has 1 saturated heterocycles. The quantitative estimate of drug-likeness (QED) is 0.787. The van der Waals surface area contributed by atoms with Crippen molar-refractivity contribution < 1.29 is 9.84 Å². The van der Waals surface area contributed by atoms with Crippen LogP contribution in [0, 0.1) is 0 Å². The number of likely N-dealkylation sites (tertiary alicyclic amines) is 1. The maximum Gasteiger partial charge on any atom is 0.119 e. The Balaban J connectivity index is 1.32. The number of ether oxygens (including phenoxy) is 1. The fourth-order valence-corrected chi connectivity index (χ4v) is 2.80. The van der Waals surface area contributed by atoms with Crippen LogP contribution in [0.25, 0.3) is 0 Å². The highest BCUT2D eigenvalue weighted by atomic mass is 16.5. The molecule has 2 unspecified atom stereocenters. The Bertz CT molecular complexity index is 408. The monoisotopic (exact) mass is 276 g/mol. The van der Waals surface area contributed by atoms with Gasteiger partial charge in [-0.1, -0.05) is 18.2 Å². The van der Waals surface area contributed by atoms with Crippen LogP contribution >= 0.6 is 0 Å². The largest absolute Gasteiger partial charge is 0.491 e. The van der Waals surface area contributed by atoms with Crippen LogP contribution in [0.15, 0.2) is 30.3 Å². The highest BCUT2D eigenvalue weighted by Gasteiger charge is 2.34. The summed E-state index contributed by atoms with van der Waals surface area (Å²) < 4.78 is 5.55. The average Bonchev–Trinajstić information content (AvgIpc) is 3.23. The third-order valence-corrected chi connectivity index (χ3v) is 4.11. The summed E-state index contributed by atoms with van der Waals surface area (Å²) in [6.45, 7) is 3.29. The molecule has 0 radical (unpaired) electrons. The van der Waals surface area contributed by atoms with Gasteiger partial charge >= 0.3 is 0 Å². The lowest BCUT2D eigenvalue weighted by molar-refractivity contribution is 0.103. The molecule has 1 heterocycles. The molecule has 0 spiro atoms. The van der Waals surface area contributed by atoms with Crippen LogP contribution in [0.3, 0.4) is 0 Å². The molecule has 2 aliphatic rings. The van der Waals surface area contributed by atoms with Gasteiger partial charge in [-0.2, -0.15) is 0 Å². The summed E-state index contributed by atoms with van der Waals surface area (Å²) >= 11 is 0. The molecule has 0 amide bonds. The number of hydrogen-bond donors (Lipinski definition) is 2. The molecule has 0 aromatic heterocycles. The first-order valence-corrected chi connectivity index (χ1v) is 7.64. The van der Waals surface area contributed by atoms with Gasteiger partial charge in [0, 0.05) is 31.7 Å². The third kappa shape index (κ3) is 3.95. The molecule has 4 heteroatoms. The molecular weight excluding hydrogens is 252 g/mol. The molecule has 2 N–H and O–H groups in total. The Morgan fingerprint density at radius 3 is 2.80 bits per heavy atom. The van der Waals surface area contributed by atoms with Crippen molar-refractivity contribution in [2.24, 2.45) is 0 Å². The van der Waals surface area contributed by atoms with E-state index in [1.54, 1.807) is 0 Å². The van der Waals surface area contributed by atoms with E-state index in [1.807, 2.05) is 30.3 Å². The van der Waals surface area contributed by atoms with Crippen LogP contribution in [0.4, 0.5) is 0 Å². The molecule has 20 heavy (non-hydrogen) atoms. The van der Waals surface area contributed by atoms with Crippen molar-refractivity contribution in [2.75, 3.05) is 26.2 Å². The topological polar surface area (TPSA) is 44.7 Å². The molecule has 0 bridgehead atoms. The summed E-state index contributed by atoms with van der Waals surface area (Å²) in [7, 11) is 0. The fraction of sp³-hybridized carbons (Fsp3) is 0.625. The van der Waals surface area contributed by atoms with E-state index < -0.39 is 6.10 Å². The lowest BCUT2D eigenvalue weighted by Gasteiger charge is -2.18. The summed E-state index contributed by atoms with van der Waals surface area (Å²) in [6, 6.07) is 11.0. The number of aliphatic hydroxyl groups is 1. The number of benzene rings is 1. The highest BCUT2D eigenvalue weighted by Crippen LogP contribution is 2.29. The van der Waals surface area contributed by atoms with Crippen molar-refractivity contribution in [1.29, 1.82) is 0 Å². The third-order valence-electron chi connectivity index (χ3n) is 4.11. The van der Waals surface area contributed by atoms with Crippen LogP contribution in [0.2, 0.25) is 0 Å². The molecule has 1 saturated carbocycles. The number of nitrogens with zero attached hydrogens (tertiary/aromatic N) is 1. The summed E-state index contributed by atoms with van der Waals surface area (Å²) in [5.41, 5.74) is 0. The van der Waals surface area contributed by atoms with Gasteiger partial charge in [0.15, 0.2) is 0 Å². The van der Waals surface area contributed by atoms with Crippen molar-refractivity contribution in [3.63, 3.8) is 0 Å². The van der Waals surface area contributed by atoms with Crippen molar-refractivity contribution in [3.05, 3.63) is 30.3 Å². The Labute approximate surface area is 120 Å². The zero-order valence-electron chi connectivity index (χ0n) is 11.9. The van der Waals surface area contributed by atoms with Gasteiger partial charge in [0.25, 0.3) is 0 Å². The maximum absolute atomic E-state index is 9.96. The van der Waals surface area contributed by atoms with E-state index in [4.69, 9.17) is 4.74 Å². The molecule has 1 aliphatic heterocycles. The lowest BCUT2D eigenvalue weighted by atomic mass is 10.2. The van der Waals surface area contributed by atoms with Gasteiger partial charge in [-0.05, 0) is 31.4 Å². The van der Waals surface area contributed by atoms with Gasteiger partial charge in [-0.15, -0.1) is 0 Å². The summed E-state index contributed by atoms with van der Waals surface area (Å²) in [5.74, 6) is 0.812. The molecule has 1 aromatic rings. The van der Waals surface area contributed by atoms with Crippen molar-refractivity contribution >= 4 is 0 Å². The lowest BCUT2D eigenvalue weighted by Crippen LogP contribution is -2.39. The Hall–Kier alpha value is -1.10. The van der Waals surface area contributed by atoms with Crippen LogP contribution in [0.5, 0.6) is 5.75 Å². The first kappa shape index (κ1) is 13.9. The van der Waals surface area contributed by atoms with Crippen molar-refractivity contribution in [1.82, 2.24) is 10.2 Å². The van der Waals surface area contributed by atoms with Gasteiger partial charge in [0.1, 0.15) is 18.5 Å². The van der Waals surface area contributed by atoms with Crippen molar-refractivity contribution in [3.8, 4) is 5.75 Å². The standard InChI is InChI=1S/C16H24N2O2/c19-15(12-20-16-4-2-1-3-5-16)10-17-13-8-9-18(11-13)14-6-7-14/h1-5,13-15,17,19H,6-12H2. The SMILES string of the molecule is OC(CNC1CCN(C2CC2)C1)COc1ccccc1. The normalized spacial score (nSPS) is 24.8. The minimum Gasteiger partial charge on any atom is -0.491 e. The van der Waals surface area contributed by atoms with Gasteiger partial charge in [-0.3, -0.25) is 4.90 Å². The highest BCUT2D eigenvalue weighted by molar-refractivity contribution is 5.20. The molecule has 1 aromatic carbocycles. The number of rotatable bonds is 7. The second-order valence-electron chi connectivity index (χ2n) is 5.90. The predicted octanol–water partition coefficient (Wildman–Crippen LogP) is 1.25. The number of hydrogen-bond acceptors (Lipinski definition) is 4. The predicted molar refractivity (Wildman–Crippen MR) is 78.9 cm³/mol. The van der Waals surface area contributed by atoms with E-state index in [2.05, 4.69) is 10.2 Å². The average molecular weight is 276 g/mol. The number of para-hydroxylation sites is 1. The summed E-state index contributed by atoms with van der Waals surface area (Å²) in [5, 5.41) is 13.4. The second-order valence-corrected chi connectivity index (χ2v) is 5.90. The minimum absolute atomic E-state index is 0.343. The molecule has 2 atom stereocenters. The van der Waals surface area contributed by atoms with Gasteiger partial charge < -0.3 is 15.2 Å². The van der Waals surface area contributed by atoms with Gasteiger partial charge in [0.05, 0.1) is 0 Å². The second kappa shape index (κ2) is 6.57. The fourth-order valence-electron chi connectivity index (χ4n) is 2.80. The van der Waals surface area contributed by atoms with E-state index in [1.165, 1.54) is 25.8 Å². The van der Waals surface area contributed by atoms with E-state index in [0.29, 0.717) is 19.2 Å². The van der Waals surface area contributed by atoms with E-state index in [9.17, 15) is 5.11 Å². The number of nitrogens with one attached hydrogen (secondary N) is 1. The zero-order valence-corrected chi connectivity index (χ0v) is 11.9. The van der Waals surface area contributed by atoms with E-state index in [0.717, 1.165) is 18.3 Å². The van der Waals surface area contributed by atoms with Gasteiger partial charge in [-0.25, -0.2) is 0 Å². The first-order valence-electron chi connectivity index (χ1n) is 7.64. The van der Waals surface area contributed by atoms with Crippen molar-refractivity contribution in [2.45, 2.75) is 37.5 Å².